The first-order valence-corrected chi connectivity index (χ1v) is 5.29. The molecule has 0 spiro atoms. The molecule has 82 valence electrons. The van der Waals surface area contributed by atoms with Crippen molar-refractivity contribution in [3.8, 4) is 5.75 Å². The summed E-state index contributed by atoms with van der Waals surface area (Å²) in [6.45, 7) is 0. The van der Waals surface area contributed by atoms with E-state index in [1.807, 2.05) is 0 Å². The van der Waals surface area contributed by atoms with Crippen LogP contribution in [0.1, 0.15) is 0 Å². The molecule has 0 unspecified atom stereocenters. The summed E-state index contributed by atoms with van der Waals surface area (Å²) in [7, 11) is 2.94. The Bertz CT molecular complexity index is 355. The Labute approximate surface area is 92.7 Å². The summed E-state index contributed by atoms with van der Waals surface area (Å²) >= 11 is 1.33. The van der Waals surface area contributed by atoms with Crippen molar-refractivity contribution in [3.05, 3.63) is 18.2 Å². The van der Waals surface area contributed by atoms with E-state index in [1.165, 1.54) is 18.9 Å². The number of methoxy groups -OCH3 is 2. The van der Waals surface area contributed by atoms with Crippen molar-refractivity contribution in [2.24, 2.45) is 0 Å². The summed E-state index contributed by atoms with van der Waals surface area (Å²) in [5.74, 6) is 0.687. The fourth-order valence-corrected chi connectivity index (χ4v) is 1.79. The van der Waals surface area contributed by atoms with Crippen LogP contribution in [0.15, 0.2) is 23.1 Å². The highest BCUT2D eigenvalue weighted by atomic mass is 32.2. The van der Waals surface area contributed by atoms with Gasteiger partial charge in [-0.2, -0.15) is 0 Å². The average molecular weight is 227 g/mol. The number of carbonyl (C=O) groups is 1. The van der Waals surface area contributed by atoms with Crippen molar-refractivity contribution in [1.82, 2.24) is 0 Å². The third kappa shape index (κ3) is 3.36. The molecule has 0 saturated heterocycles. The van der Waals surface area contributed by atoms with Crippen LogP contribution in [0.4, 0.5) is 5.69 Å². The number of esters is 1. The van der Waals surface area contributed by atoms with Crippen LogP contribution in [0.2, 0.25) is 0 Å². The third-order valence-electron chi connectivity index (χ3n) is 1.79. The molecule has 4 nitrogen and oxygen atoms in total. The van der Waals surface area contributed by atoms with Gasteiger partial charge in [0.1, 0.15) is 5.75 Å². The lowest BCUT2D eigenvalue weighted by Crippen LogP contribution is -2.03. The van der Waals surface area contributed by atoms with Gasteiger partial charge in [-0.1, -0.05) is 0 Å². The van der Waals surface area contributed by atoms with Crippen LogP contribution in [0.25, 0.3) is 0 Å². The molecule has 0 fully saturated rings. The highest BCUT2D eigenvalue weighted by molar-refractivity contribution is 8.00. The third-order valence-corrected chi connectivity index (χ3v) is 2.84. The smallest absolute Gasteiger partial charge is 0.315 e. The molecule has 0 amide bonds. The van der Waals surface area contributed by atoms with Gasteiger partial charge < -0.3 is 15.2 Å². The molecule has 0 aromatic heterocycles. The number of hydrogen-bond donors (Lipinski definition) is 1. The summed E-state index contributed by atoms with van der Waals surface area (Å²) in [5.41, 5.74) is 6.37. The second-order valence-corrected chi connectivity index (χ2v) is 3.79. The highest BCUT2D eigenvalue weighted by Gasteiger charge is 2.06. The predicted octanol–water partition coefficient (Wildman–Crippen LogP) is 1.54. The van der Waals surface area contributed by atoms with Gasteiger partial charge in [-0.3, -0.25) is 4.79 Å². The quantitative estimate of drug-likeness (QED) is 0.480. The van der Waals surface area contributed by atoms with Gasteiger partial charge in [0.15, 0.2) is 0 Å². The van der Waals surface area contributed by atoms with Crippen molar-refractivity contribution < 1.29 is 14.3 Å². The summed E-state index contributed by atoms with van der Waals surface area (Å²) < 4.78 is 9.59. The van der Waals surface area contributed by atoms with Crippen molar-refractivity contribution >= 4 is 23.4 Å². The Morgan fingerprint density at radius 1 is 1.47 bits per heavy atom. The predicted molar refractivity (Wildman–Crippen MR) is 60.1 cm³/mol. The van der Waals surface area contributed by atoms with Crippen LogP contribution in [0.5, 0.6) is 5.75 Å². The molecule has 1 rings (SSSR count). The molecule has 0 aliphatic heterocycles. The Morgan fingerprint density at radius 2 is 2.20 bits per heavy atom. The fourth-order valence-electron chi connectivity index (χ4n) is 0.962. The van der Waals surface area contributed by atoms with E-state index in [-0.39, 0.29) is 11.7 Å². The average Bonchev–Trinajstić information content (AvgIpc) is 2.27. The minimum atomic E-state index is -0.276. The van der Waals surface area contributed by atoms with Gasteiger partial charge in [0.2, 0.25) is 0 Å². The zero-order valence-electron chi connectivity index (χ0n) is 8.65. The van der Waals surface area contributed by atoms with Crippen LogP contribution in [0.3, 0.4) is 0 Å². The fraction of sp³-hybridized carbons (Fsp3) is 0.300. The normalized spacial score (nSPS) is 9.73. The van der Waals surface area contributed by atoms with Crippen LogP contribution in [-0.4, -0.2) is 25.9 Å². The summed E-state index contributed by atoms with van der Waals surface area (Å²) in [4.78, 5) is 11.8. The van der Waals surface area contributed by atoms with Crippen LogP contribution < -0.4 is 10.5 Å². The van der Waals surface area contributed by atoms with Crippen LogP contribution >= 0.6 is 11.8 Å². The first-order chi connectivity index (χ1) is 7.17. The van der Waals surface area contributed by atoms with E-state index in [1.54, 1.807) is 25.3 Å². The van der Waals surface area contributed by atoms with Crippen molar-refractivity contribution in [2.75, 3.05) is 25.7 Å². The highest BCUT2D eigenvalue weighted by Crippen LogP contribution is 2.28. The molecule has 0 heterocycles. The van der Waals surface area contributed by atoms with Crippen molar-refractivity contribution in [3.63, 3.8) is 0 Å². The molecule has 0 aliphatic carbocycles. The maximum Gasteiger partial charge on any atom is 0.315 e. The number of thioether (sulfide) groups is 1. The topological polar surface area (TPSA) is 61.5 Å². The van der Waals surface area contributed by atoms with Gasteiger partial charge in [0.05, 0.1) is 20.0 Å². The zero-order valence-corrected chi connectivity index (χ0v) is 9.47. The molecular weight excluding hydrogens is 214 g/mol. The molecule has 0 saturated carbocycles. The number of benzene rings is 1. The first kappa shape index (κ1) is 11.7. The molecule has 0 aliphatic rings. The molecule has 0 bridgehead atoms. The van der Waals surface area contributed by atoms with E-state index in [2.05, 4.69) is 4.74 Å². The molecule has 15 heavy (non-hydrogen) atoms. The van der Waals surface area contributed by atoms with E-state index in [9.17, 15) is 4.79 Å². The molecule has 5 heteroatoms. The zero-order chi connectivity index (χ0) is 11.3. The molecule has 1 aromatic rings. The summed E-state index contributed by atoms with van der Waals surface area (Å²) in [5, 5.41) is 0. The second kappa shape index (κ2) is 5.50. The van der Waals surface area contributed by atoms with Gasteiger partial charge in [-0.05, 0) is 18.2 Å². The minimum absolute atomic E-state index is 0.244. The number of hydrogen-bond acceptors (Lipinski definition) is 5. The number of carbonyl (C=O) groups excluding carboxylic acids is 1. The minimum Gasteiger partial charge on any atom is -0.497 e. The number of ether oxygens (including phenoxy) is 2. The monoisotopic (exact) mass is 227 g/mol. The number of rotatable bonds is 4. The first-order valence-electron chi connectivity index (χ1n) is 4.30. The van der Waals surface area contributed by atoms with E-state index in [0.29, 0.717) is 5.69 Å². The lowest BCUT2D eigenvalue weighted by molar-refractivity contribution is -0.137. The lowest BCUT2D eigenvalue weighted by Gasteiger charge is -2.06. The van der Waals surface area contributed by atoms with Gasteiger partial charge >= 0.3 is 5.97 Å². The molecule has 2 N–H and O–H groups in total. The second-order valence-electron chi connectivity index (χ2n) is 2.77. The lowest BCUT2D eigenvalue weighted by atomic mass is 10.3. The van der Waals surface area contributed by atoms with E-state index in [0.717, 1.165) is 10.6 Å². The van der Waals surface area contributed by atoms with E-state index < -0.39 is 0 Å². The van der Waals surface area contributed by atoms with Gasteiger partial charge in [-0.25, -0.2) is 0 Å². The van der Waals surface area contributed by atoms with Crippen LogP contribution in [0, 0.1) is 0 Å². The number of nitrogens with two attached hydrogens (primary N) is 1. The molecule has 0 atom stereocenters. The molecule has 0 radical (unpaired) electrons. The largest absolute Gasteiger partial charge is 0.497 e. The Morgan fingerprint density at radius 3 is 2.80 bits per heavy atom. The summed E-state index contributed by atoms with van der Waals surface area (Å²) in [6.07, 6.45) is 0. The van der Waals surface area contributed by atoms with Crippen LogP contribution in [-0.2, 0) is 9.53 Å². The van der Waals surface area contributed by atoms with E-state index >= 15 is 0 Å². The van der Waals surface area contributed by atoms with Gasteiger partial charge in [0.25, 0.3) is 0 Å². The van der Waals surface area contributed by atoms with Crippen molar-refractivity contribution in [1.29, 1.82) is 0 Å². The van der Waals surface area contributed by atoms with Crippen molar-refractivity contribution in [2.45, 2.75) is 4.90 Å². The maximum atomic E-state index is 10.9. The summed E-state index contributed by atoms with van der Waals surface area (Å²) in [6, 6.07) is 5.32. The van der Waals surface area contributed by atoms with Gasteiger partial charge in [-0.15, -0.1) is 11.8 Å². The Hall–Kier alpha value is -1.36. The standard InChI is InChI=1S/C10H13NO3S/c1-13-7-3-4-8(11)9(5-7)15-6-10(12)14-2/h3-5H,6,11H2,1-2H3. The van der Waals surface area contributed by atoms with Gasteiger partial charge in [0, 0.05) is 10.6 Å². The Balaban J connectivity index is 2.70. The number of anilines is 1. The number of nitrogen functional groups attached to an aromatic ring is 1. The maximum absolute atomic E-state index is 10.9. The SMILES string of the molecule is COC(=O)CSc1cc(OC)ccc1N. The molecular formula is C10H13NO3S. The Kier molecular flexibility index (Phi) is 4.30. The van der Waals surface area contributed by atoms with E-state index in [4.69, 9.17) is 10.5 Å². The molecule has 1 aromatic carbocycles.